The first-order chi connectivity index (χ1) is 15.4. The van der Waals surface area contributed by atoms with Gasteiger partial charge in [0.1, 0.15) is 19.0 Å². The molecule has 0 bridgehead atoms. The molecule has 2 heterocycles. The molecule has 32 heavy (non-hydrogen) atoms. The zero-order chi connectivity index (χ0) is 22.8. The number of halogens is 1. The molecule has 0 saturated carbocycles. The molecule has 1 atom stereocenters. The average Bonchev–Trinajstić information content (AvgIpc) is 3.03. The fourth-order valence-electron chi connectivity index (χ4n) is 4.04. The van der Waals surface area contributed by atoms with Crippen LogP contribution in [0.3, 0.4) is 0 Å². The molecule has 2 aliphatic heterocycles. The molecule has 8 heteroatoms. The first-order valence-electron chi connectivity index (χ1n) is 10.5. The normalized spacial score (nSPS) is 19.6. The van der Waals surface area contributed by atoms with Gasteiger partial charge in [-0.05, 0) is 63.0 Å². The van der Waals surface area contributed by atoms with Gasteiger partial charge in [-0.3, -0.25) is 9.59 Å². The number of carbonyl (C=O) groups excluding carboxylic acids is 2. The molecule has 0 aromatic heterocycles. The van der Waals surface area contributed by atoms with Crippen molar-refractivity contribution in [2.45, 2.75) is 12.5 Å². The molecule has 2 aliphatic rings. The van der Waals surface area contributed by atoms with E-state index in [1.165, 1.54) is 4.90 Å². The van der Waals surface area contributed by atoms with E-state index < -0.39 is 17.7 Å². The van der Waals surface area contributed by atoms with Crippen molar-refractivity contribution in [1.29, 1.82) is 0 Å². The maximum atomic E-state index is 13.1. The second-order valence-corrected chi connectivity index (χ2v) is 8.50. The number of Topliss-reactive ketones (excluding diaryl/α,β-unsaturated/α-hetero) is 1. The number of hydrogen-bond donors (Lipinski definition) is 1. The lowest BCUT2D eigenvalue weighted by atomic mass is 9.95. The summed E-state index contributed by atoms with van der Waals surface area (Å²) in [6.07, 6.45) is 0.682. The quantitative estimate of drug-likeness (QED) is 0.407. The number of aliphatic hydroxyl groups excluding tert-OH is 1. The molecule has 1 fully saturated rings. The molecule has 168 valence electrons. The highest BCUT2D eigenvalue weighted by molar-refractivity contribution is 6.46. The van der Waals surface area contributed by atoms with E-state index in [4.69, 9.17) is 21.1 Å². The summed E-state index contributed by atoms with van der Waals surface area (Å²) < 4.78 is 11.1. The van der Waals surface area contributed by atoms with Crippen LogP contribution in [-0.2, 0) is 9.59 Å². The summed E-state index contributed by atoms with van der Waals surface area (Å²) in [5.74, 6) is -0.538. The molecule has 0 aliphatic carbocycles. The van der Waals surface area contributed by atoms with Gasteiger partial charge in [0.05, 0.1) is 11.6 Å². The number of ketones is 1. The summed E-state index contributed by atoms with van der Waals surface area (Å²) in [4.78, 5) is 29.6. The number of ether oxygens (including phenoxy) is 2. The van der Waals surface area contributed by atoms with E-state index in [0.717, 1.165) is 6.54 Å². The highest BCUT2D eigenvalue weighted by Gasteiger charge is 2.45. The highest BCUT2D eigenvalue weighted by atomic mass is 35.5. The van der Waals surface area contributed by atoms with Gasteiger partial charge in [-0.1, -0.05) is 23.7 Å². The Morgan fingerprint density at radius 1 is 1.12 bits per heavy atom. The molecule has 1 unspecified atom stereocenters. The SMILES string of the molecule is CN(C)CCCN1C(=O)C(=O)/C(=C(/O)c2ccc3c(c2)OCCO3)C1c1cccc(Cl)c1. The third-order valence-corrected chi connectivity index (χ3v) is 5.76. The number of fused-ring (bicyclic) bond motifs is 1. The second kappa shape index (κ2) is 9.22. The molecule has 2 aromatic carbocycles. The van der Waals surface area contributed by atoms with Crippen molar-refractivity contribution >= 4 is 29.1 Å². The van der Waals surface area contributed by atoms with Crippen LogP contribution in [0.4, 0.5) is 0 Å². The Bertz CT molecular complexity index is 1080. The Morgan fingerprint density at radius 2 is 1.88 bits per heavy atom. The monoisotopic (exact) mass is 456 g/mol. The second-order valence-electron chi connectivity index (χ2n) is 8.06. The Balaban J connectivity index is 1.79. The first-order valence-corrected chi connectivity index (χ1v) is 10.8. The predicted molar refractivity (Wildman–Crippen MR) is 121 cm³/mol. The third-order valence-electron chi connectivity index (χ3n) is 5.52. The largest absolute Gasteiger partial charge is 0.507 e. The summed E-state index contributed by atoms with van der Waals surface area (Å²) in [5, 5.41) is 11.7. The molecule has 2 aromatic rings. The molecule has 0 spiro atoms. The summed E-state index contributed by atoms with van der Waals surface area (Å²) in [5.41, 5.74) is 1.09. The Labute approximate surface area is 191 Å². The standard InChI is InChI=1S/C24H25ClN2O5/c1-26(2)9-4-10-27-21(15-5-3-6-17(25)13-15)20(23(29)24(27)30)22(28)16-7-8-18-19(14-16)32-12-11-31-18/h3,5-8,13-14,21,28H,4,9-12H2,1-2H3/b22-20+. The van der Waals surface area contributed by atoms with E-state index in [0.29, 0.717) is 53.8 Å². The van der Waals surface area contributed by atoms with E-state index in [2.05, 4.69) is 0 Å². The molecular weight excluding hydrogens is 432 g/mol. The maximum absolute atomic E-state index is 13.1. The Morgan fingerprint density at radius 3 is 2.59 bits per heavy atom. The van der Waals surface area contributed by atoms with Gasteiger partial charge < -0.3 is 24.4 Å². The number of benzene rings is 2. The minimum atomic E-state index is -0.732. The fourth-order valence-corrected chi connectivity index (χ4v) is 4.24. The lowest BCUT2D eigenvalue weighted by Crippen LogP contribution is -2.32. The van der Waals surface area contributed by atoms with E-state index in [-0.39, 0.29) is 11.3 Å². The van der Waals surface area contributed by atoms with Crippen LogP contribution in [0, 0.1) is 0 Å². The summed E-state index contributed by atoms with van der Waals surface area (Å²) >= 11 is 6.21. The van der Waals surface area contributed by atoms with Gasteiger partial charge in [0, 0.05) is 17.1 Å². The molecular formula is C24H25ClN2O5. The number of aliphatic hydroxyl groups is 1. The number of amides is 1. The maximum Gasteiger partial charge on any atom is 0.295 e. The van der Waals surface area contributed by atoms with Crippen LogP contribution < -0.4 is 9.47 Å². The topological polar surface area (TPSA) is 79.3 Å². The van der Waals surface area contributed by atoms with Crippen molar-refractivity contribution in [1.82, 2.24) is 9.80 Å². The van der Waals surface area contributed by atoms with Crippen molar-refractivity contribution in [2.24, 2.45) is 0 Å². The lowest BCUT2D eigenvalue weighted by molar-refractivity contribution is -0.139. The molecule has 1 amide bonds. The molecule has 1 saturated heterocycles. The predicted octanol–water partition coefficient (Wildman–Crippen LogP) is 3.48. The number of rotatable bonds is 6. The van der Waals surface area contributed by atoms with Crippen molar-refractivity contribution in [2.75, 3.05) is 40.4 Å². The lowest BCUT2D eigenvalue weighted by Gasteiger charge is -2.26. The van der Waals surface area contributed by atoms with Gasteiger partial charge >= 0.3 is 0 Å². The molecule has 7 nitrogen and oxygen atoms in total. The number of hydrogen-bond acceptors (Lipinski definition) is 6. The minimum Gasteiger partial charge on any atom is -0.507 e. The molecule has 0 radical (unpaired) electrons. The van der Waals surface area contributed by atoms with Gasteiger partial charge in [-0.2, -0.15) is 0 Å². The number of nitrogens with zero attached hydrogens (tertiary/aromatic N) is 2. The summed E-state index contributed by atoms with van der Waals surface area (Å²) in [6.45, 7) is 1.98. The van der Waals surface area contributed by atoms with Crippen molar-refractivity contribution < 1.29 is 24.2 Å². The summed E-state index contributed by atoms with van der Waals surface area (Å²) in [7, 11) is 3.90. The van der Waals surface area contributed by atoms with Crippen LogP contribution in [0.15, 0.2) is 48.0 Å². The number of carbonyl (C=O) groups is 2. The van der Waals surface area contributed by atoms with Gasteiger partial charge in [0.2, 0.25) is 0 Å². The van der Waals surface area contributed by atoms with Crippen molar-refractivity contribution in [3.05, 3.63) is 64.2 Å². The van der Waals surface area contributed by atoms with Crippen LogP contribution >= 0.6 is 11.6 Å². The van der Waals surface area contributed by atoms with Crippen molar-refractivity contribution in [3.63, 3.8) is 0 Å². The number of likely N-dealkylation sites (tertiary alicyclic amines) is 1. The van der Waals surface area contributed by atoms with E-state index in [9.17, 15) is 14.7 Å². The van der Waals surface area contributed by atoms with Crippen LogP contribution in [0.2, 0.25) is 5.02 Å². The van der Waals surface area contributed by atoms with Gasteiger partial charge in [-0.25, -0.2) is 0 Å². The van der Waals surface area contributed by atoms with Gasteiger partial charge in [0.25, 0.3) is 11.7 Å². The Hall–Kier alpha value is -3.03. The van der Waals surface area contributed by atoms with Crippen LogP contribution in [0.25, 0.3) is 5.76 Å². The highest BCUT2D eigenvalue weighted by Crippen LogP contribution is 2.41. The first kappa shape index (κ1) is 22.2. The third kappa shape index (κ3) is 4.31. The molecule has 1 N–H and O–H groups in total. The van der Waals surface area contributed by atoms with Crippen LogP contribution in [-0.4, -0.2) is 67.0 Å². The zero-order valence-electron chi connectivity index (χ0n) is 18.0. The fraction of sp³-hybridized carbons (Fsp3) is 0.333. The molecule has 4 rings (SSSR count). The smallest absolute Gasteiger partial charge is 0.295 e. The van der Waals surface area contributed by atoms with E-state index in [1.807, 2.05) is 19.0 Å². The van der Waals surface area contributed by atoms with E-state index in [1.54, 1.807) is 42.5 Å². The van der Waals surface area contributed by atoms with Gasteiger partial charge in [-0.15, -0.1) is 0 Å². The zero-order valence-corrected chi connectivity index (χ0v) is 18.8. The summed E-state index contributed by atoms with van der Waals surface area (Å²) in [6, 6.07) is 11.2. The van der Waals surface area contributed by atoms with Crippen LogP contribution in [0.1, 0.15) is 23.6 Å². The van der Waals surface area contributed by atoms with Crippen LogP contribution in [0.5, 0.6) is 11.5 Å². The average molecular weight is 457 g/mol. The Kier molecular flexibility index (Phi) is 6.39. The van der Waals surface area contributed by atoms with E-state index >= 15 is 0 Å². The van der Waals surface area contributed by atoms with Gasteiger partial charge in [0.15, 0.2) is 11.5 Å². The minimum absolute atomic E-state index is 0.0406. The van der Waals surface area contributed by atoms with Crippen molar-refractivity contribution in [3.8, 4) is 11.5 Å².